The highest BCUT2D eigenvalue weighted by atomic mass is 19.3. The SMILES string of the molecule is COc1cccc(F)c1CN1C[C@H](CC(=O)c2ccc3c(c2)C(c2ccc4nccn4c2)=NC3)C[C@@H](C(C)(F)F)C1. The van der Waals surface area contributed by atoms with Crippen LogP contribution >= 0.6 is 0 Å². The molecule has 0 N–H and O–H groups in total. The van der Waals surface area contributed by atoms with Crippen LogP contribution in [-0.2, 0) is 13.1 Å². The lowest BCUT2D eigenvalue weighted by Crippen LogP contribution is -2.46. The second-order valence-electron chi connectivity index (χ2n) is 11.1. The van der Waals surface area contributed by atoms with Crippen LogP contribution < -0.4 is 4.74 Å². The Balaban J connectivity index is 1.21. The number of hydrogen-bond acceptors (Lipinski definition) is 5. The lowest BCUT2D eigenvalue weighted by molar-refractivity contribution is -0.0785. The normalized spacial score (nSPS) is 19.3. The molecule has 0 spiro atoms. The Bertz CT molecular complexity index is 1640. The first-order chi connectivity index (χ1) is 19.7. The first-order valence-corrected chi connectivity index (χ1v) is 13.7. The molecule has 0 saturated carbocycles. The third-order valence-electron chi connectivity index (χ3n) is 8.24. The lowest BCUT2D eigenvalue weighted by atomic mass is 9.82. The molecule has 0 radical (unpaired) electrons. The van der Waals surface area contributed by atoms with Crippen LogP contribution in [0.5, 0.6) is 5.75 Å². The summed E-state index contributed by atoms with van der Waals surface area (Å²) in [5.41, 5.74) is 5.40. The number of aliphatic imine (C=N–C) groups is 1. The molecule has 6 nitrogen and oxygen atoms in total. The number of ketones is 1. The minimum absolute atomic E-state index is 0.0994. The monoisotopic (exact) mass is 560 g/mol. The molecule has 0 bridgehead atoms. The zero-order chi connectivity index (χ0) is 28.7. The summed E-state index contributed by atoms with van der Waals surface area (Å²) in [7, 11) is 1.46. The summed E-state index contributed by atoms with van der Waals surface area (Å²) in [4.78, 5) is 24.4. The Labute approximate surface area is 236 Å². The van der Waals surface area contributed by atoms with Gasteiger partial charge in [0.1, 0.15) is 17.2 Å². The average Bonchev–Trinajstić information content (AvgIpc) is 3.59. The predicted octanol–water partition coefficient (Wildman–Crippen LogP) is 6.20. The van der Waals surface area contributed by atoms with Crippen LogP contribution in [0.2, 0.25) is 0 Å². The average molecular weight is 561 g/mol. The van der Waals surface area contributed by atoms with E-state index in [4.69, 9.17) is 9.73 Å². The van der Waals surface area contributed by atoms with Gasteiger partial charge in [0.15, 0.2) is 5.78 Å². The number of Topliss-reactive ketones (excluding diaryl/α,β-unsaturated/α-hetero) is 1. The maximum Gasteiger partial charge on any atom is 0.249 e. The van der Waals surface area contributed by atoms with Gasteiger partial charge in [-0.1, -0.05) is 18.2 Å². The Hall–Kier alpha value is -3.98. The fourth-order valence-corrected chi connectivity index (χ4v) is 6.10. The van der Waals surface area contributed by atoms with E-state index in [1.54, 1.807) is 24.4 Å². The number of hydrogen-bond donors (Lipinski definition) is 0. The van der Waals surface area contributed by atoms with Gasteiger partial charge in [-0.25, -0.2) is 18.2 Å². The fraction of sp³-hybridized carbons (Fsp3) is 0.344. The number of ether oxygens (including phenoxy) is 1. The number of carbonyl (C=O) groups is 1. The molecular formula is C32H31F3N4O2. The van der Waals surface area contributed by atoms with Crippen molar-refractivity contribution in [3.05, 3.63) is 101 Å². The largest absolute Gasteiger partial charge is 0.496 e. The van der Waals surface area contributed by atoms with Crippen molar-refractivity contribution in [3.8, 4) is 5.75 Å². The maximum absolute atomic E-state index is 14.7. The van der Waals surface area contributed by atoms with E-state index in [1.165, 1.54) is 13.2 Å². The van der Waals surface area contributed by atoms with Crippen molar-refractivity contribution < 1.29 is 22.7 Å². The predicted molar refractivity (Wildman–Crippen MR) is 150 cm³/mol. The number of rotatable bonds is 8. The Morgan fingerprint density at radius 2 is 2.00 bits per heavy atom. The van der Waals surface area contributed by atoms with Gasteiger partial charge in [0.25, 0.3) is 0 Å². The first kappa shape index (κ1) is 27.2. The van der Waals surface area contributed by atoms with E-state index in [2.05, 4.69) is 4.98 Å². The molecule has 9 heteroatoms. The number of methoxy groups -OCH3 is 1. The molecule has 4 heterocycles. The summed E-state index contributed by atoms with van der Waals surface area (Å²) < 4.78 is 51.1. The summed E-state index contributed by atoms with van der Waals surface area (Å²) in [6.07, 6.45) is 5.93. The summed E-state index contributed by atoms with van der Waals surface area (Å²) in [6, 6.07) is 14.1. The molecule has 1 saturated heterocycles. The molecule has 1 fully saturated rings. The molecule has 212 valence electrons. The quantitative estimate of drug-likeness (QED) is 0.241. The molecule has 2 atom stereocenters. The molecule has 2 aromatic carbocycles. The van der Waals surface area contributed by atoms with Crippen molar-refractivity contribution in [3.63, 3.8) is 0 Å². The number of halogens is 3. The van der Waals surface area contributed by atoms with E-state index in [0.29, 0.717) is 30.0 Å². The zero-order valence-corrected chi connectivity index (χ0v) is 23.0. The first-order valence-electron chi connectivity index (χ1n) is 13.7. The fourth-order valence-electron chi connectivity index (χ4n) is 6.10. The smallest absolute Gasteiger partial charge is 0.249 e. The second-order valence-corrected chi connectivity index (χ2v) is 11.1. The van der Waals surface area contributed by atoms with Crippen LogP contribution in [0.1, 0.15) is 52.4 Å². The van der Waals surface area contributed by atoms with Gasteiger partial charge >= 0.3 is 0 Å². The van der Waals surface area contributed by atoms with Crippen LogP contribution in [-0.4, -0.2) is 51.9 Å². The molecule has 41 heavy (non-hydrogen) atoms. The van der Waals surface area contributed by atoms with Crippen molar-refractivity contribution in [1.29, 1.82) is 0 Å². The third kappa shape index (κ3) is 5.51. The number of benzene rings is 2. The van der Waals surface area contributed by atoms with Gasteiger partial charge in [-0.05, 0) is 55.2 Å². The van der Waals surface area contributed by atoms with Crippen LogP contribution in [0.3, 0.4) is 0 Å². The second kappa shape index (κ2) is 10.8. The van der Waals surface area contributed by atoms with Crippen molar-refractivity contribution >= 4 is 17.1 Å². The number of nitrogens with zero attached hydrogens (tertiary/aromatic N) is 4. The minimum Gasteiger partial charge on any atom is -0.496 e. The van der Waals surface area contributed by atoms with Crippen LogP contribution in [0.25, 0.3) is 5.65 Å². The summed E-state index contributed by atoms with van der Waals surface area (Å²) in [5.74, 6) is -4.32. The summed E-state index contributed by atoms with van der Waals surface area (Å²) >= 11 is 0. The lowest BCUT2D eigenvalue weighted by Gasteiger charge is -2.40. The van der Waals surface area contributed by atoms with E-state index in [0.717, 1.165) is 35.0 Å². The maximum atomic E-state index is 14.7. The number of aromatic nitrogens is 2. The highest BCUT2D eigenvalue weighted by molar-refractivity contribution is 6.16. The topological polar surface area (TPSA) is 59.2 Å². The molecule has 4 aromatic rings. The van der Waals surface area contributed by atoms with Gasteiger partial charge in [-0.3, -0.25) is 14.7 Å². The molecule has 6 rings (SSSR count). The number of likely N-dealkylation sites (tertiary alicyclic amines) is 1. The van der Waals surface area contributed by atoms with E-state index in [-0.39, 0.29) is 37.6 Å². The van der Waals surface area contributed by atoms with Crippen LogP contribution in [0.4, 0.5) is 13.2 Å². The van der Waals surface area contributed by atoms with E-state index < -0.39 is 17.7 Å². The van der Waals surface area contributed by atoms with Crippen LogP contribution in [0, 0.1) is 17.7 Å². The van der Waals surface area contributed by atoms with Gasteiger partial charge < -0.3 is 9.14 Å². The van der Waals surface area contributed by atoms with E-state index in [9.17, 15) is 18.0 Å². The molecule has 0 unspecified atom stereocenters. The summed E-state index contributed by atoms with van der Waals surface area (Å²) in [5, 5.41) is 0. The zero-order valence-electron chi connectivity index (χ0n) is 23.0. The van der Waals surface area contributed by atoms with Gasteiger partial charge in [0, 0.05) is 72.8 Å². The molecule has 2 aliphatic rings. The number of pyridine rings is 1. The van der Waals surface area contributed by atoms with Crippen molar-refractivity contribution in [2.45, 2.75) is 38.8 Å². The van der Waals surface area contributed by atoms with Gasteiger partial charge in [0.2, 0.25) is 5.92 Å². The third-order valence-corrected chi connectivity index (χ3v) is 8.24. The van der Waals surface area contributed by atoms with Gasteiger partial charge in [0.05, 0.1) is 19.4 Å². The molecule has 2 aliphatic heterocycles. The van der Waals surface area contributed by atoms with E-state index in [1.807, 2.05) is 46.0 Å². The number of alkyl halides is 2. The molecule has 2 aromatic heterocycles. The Morgan fingerprint density at radius 3 is 2.80 bits per heavy atom. The standard InChI is InChI=1S/C32H31F3N4O2/c1-32(34,35)24-12-20(16-38(18-24)19-26-27(33)4-3-5-29(26)41-2)13-28(40)21-6-7-22-15-37-31(25(22)14-21)23-8-9-30-36-10-11-39(30)17-23/h3-11,14,17,20,24H,12-13,15-16,18-19H2,1-2H3/t20-,24+/m0/s1. The number of imidazole rings is 1. The molecular weight excluding hydrogens is 529 g/mol. The number of fused-ring (bicyclic) bond motifs is 2. The van der Waals surface area contributed by atoms with Gasteiger partial charge in [-0.15, -0.1) is 0 Å². The van der Waals surface area contributed by atoms with E-state index >= 15 is 0 Å². The summed E-state index contributed by atoms with van der Waals surface area (Å²) in [6.45, 7) is 2.12. The number of piperidine rings is 1. The van der Waals surface area contributed by atoms with Gasteiger partial charge in [-0.2, -0.15) is 0 Å². The highest BCUT2D eigenvalue weighted by Crippen LogP contribution is 2.37. The Kier molecular flexibility index (Phi) is 7.15. The van der Waals surface area contributed by atoms with Crippen molar-refractivity contribution in [2.24, 2.45) is 16.8 Å². The van der Waals surface area contributed by atoms with Crippen LogP contribution in [0.15, 0.2) is 72.1 Å². The molecule has 0 amide bonds. The van der Waals surface area contributed by atoms with Crippen molar-refractivity contribution in [1.82, 2.24) is 14.3 Å². The Morgan fingerprint density at radius 1 is 1.15 bits per heavy atom. The number of carbonyl (C=O) groups excluding carboxylic acids is 1. The highest BCUT2D eigenvalue weighted by Gasteiger charge is 2.41. The molecule has 0 aliphatic carbocycles. The van der Waals surface area contributed by atoms with Crippen molar-refractivity contribution in [2.75, 3.05) is 20.2 Å². The minimum atomic E-state index is -2.92.